The van der Waals surface area contributed by atoms with Crippen LogP contribution in [0.5, 0.6) is 0 Å². The van der Waals surface area contributed by atoms with Crippen LogP contribution in [0, 0.1) is 10.1 Å². The predicted molar refractivity (Wildman–Crippen MR) is 111 cm³/mol. The Morgan fingerprint density at radius 3 is 2.48 bits per heavy atom. The van der Waals surface area contributed by atoms with Gasteiger partial charge in [-0.05, 0) is 42.8 Å². The van der Waals surface area contributed by atoms with Crippen molar-refractivity contribution >= 4 is 27.1 Å². The molecule has 0 bridgehead atoms. The van der Waals surface area contributed by atoms with Gasteiger partial charge in [-0.25, -0.2) is 8.42 Å². The van der Waals surface area contributed by atoms with E-state index in [1.165, 1.54) is 16.4 Å². The van der Waals surface area contributed by atoms with Crippen LogP contribution in [0.2, 0.25) is 0 Å². The standard InChI is InChI=1S/C20H20N4O4S/c1-2-23(17-8-4-3-5-9-17)29(27,28)18-10-11-19(20(13-18)24(25)26)22-15-16-7-6-12-21-14-16/h3-14,22H,2,15H2,1H3. The summed E-state index contributed by atoms with van der Waals surface area (Å²) in [6.45, 7) is 2.23. The van der Waals surface area contributed by atoms with E-state index in [1.807, 2.05) is 6.07 Å². The summed E-state index contributed by atoms with van der Waals surface area (Å²) >= 11 is 0. The lowest BCUT2D eigenvalue weighted by molar-refractivity contribution is -0.384. The van der Waals surface area contributed by atoms with Gasteiger partial charge in [0, 0.05) is 31.5 Å². The maximum atomic E-state index is 13.1. The van der Waals surface area contributed by atoms with Gasteiger partial charge in [-0.1, -0.05) is 24.3 Å². The minimum atomic E-state index is -3.95. The number of para-hydroxylation sites is 1. The first-order valence-electron chi connectivity index (χ1n) is 8.92. The second-order valence-corrected chi connectivity index (χ2v) is 8.02. The van der Waals surface area contributed by atoms with Crippen LogP contribution in [0.25, 0.3) is 0 Å². The monoisotopic (exact) mass is 412 g/mol. The molecule has 2 aromatic carbocycles. The van der Waals surface area contributed by atoms with Crippen LogP contribution in [-0.4, -0.2) is 24.9 Å². The minimum absolute atomic E-state index is 0.137. The van der Waals surface area contributed by atoms with Crippen molar-refractivity contribution in [2.45, 2.75) is 18.4 Å². The van der Waals surface area contributed by atoms with Gasteiger partial charge in [-0.15, -0.1) is 0 Å². The predicted octanol–water partition coefficient (Wildman–Crippen LogP) is 3.82. The van der Waals surface area contributed by atoms with Gasteiger partial charge in [0.1, 0.15) is 5.69 Å². The lowest BCUT2D eigenvalue weighted by Crippen LogP contribution is -2.30. The van der Waals surface area contributed by atoms with Crippen molar-refractivity contribution in [2.75, 3.05) is 16.2 Å². The zero-order chi connectivity index (χ0) is 20.9. The van der Waals surface area contributed by atoms with Crippen molar-refractivity contribution in [3.63, 3.8) is 0 Å². The number of nitro groups is 1. The van der Waals surface area contributed by atoms with Crippen molar-refractivity contribution in [2.24, 2.45) is 0 Å². The summed E-state index contributed by atoms with van der Waals surface area (Å²) in [6.07, 6.45) is 3.29. The number of sulfonamides is 1. The van der Waals surface area contributed by atoms with E-state index in [-0.39, 0.29) is 22.8 Å². The summed E-state index contributed by atoms with van der Waals surface area (Å²) in [7, 11) is -3.95. The van der Waals surface area contributed by atoms with Gasteiger partial charge in [0.25, 0.3) is 15.7 Å². The highest BCUT2D eigenvalue weighted by atomic mass is 32.2. The summed E-state index contributed by atoms with van der Waals surface area (Å²) in [4.78, 5) is 14.8. The topological polar surface area (TPSA) is 105 Å². The van der Waals surface area contributed by atoms with Crippen molar-refractivity contribution < 1.29 is 13.3 Å². The molecule has 29 heavy (non-hydrogen) atoms. The Bertz CT molecular complexity index is 1090. The number of benzene rings is 2. The summed E-state index contributed by atoms with van der Waals surface area (Å²) in [6, 6.07) is 16.1. The molecule has 3 rings (SSSR count). The van der Waals surface area contributed by atoms with Gasteiger partial charge in [-0.3, -0.25) is 19.4 Å². The number of rotatable bonds is 8. The molecule has 0 aliphatic rings. The van der Waals surface area contributed by atoms with E-state index in [0.717, 1.165) is 11.6 Å². The Morgan fingerprint density at radius 2 is 1.86 bits per heavy atom. The molecule has 1 heterocycles. The van der Waals surface area contributed by atoms with Gasteiger partial charge in [0.15, 0.2) is 0 Å². The van der Waals surface area contributed by atoms with E-state index in [4.69, 9.17) is 0 Å². The zero-order valence-electron chi connectivity index (χ0n) is 15.7. The molecule has 0 unspecified atom stereocenters. The highest BCUT2D eigenvalue weighted by Gasteiger charge is 2.27. The van der Waals surface area contributed by atoms with Crippen LogP contribution in [-0.2, 0) is 16.6 Å². The fourth-order valence-corrected chi connectivity index (χ4v) is 4.38. The molecule has 0 aliphatic carbocycles. The van der Waals surface area contributed by atoms with Crippen LogP contribution in [0.4, 0.5) is 17.1 Å². The number of hydrogen-bond acceptors (Lipinski definition) is 6. The number of hydrogen-bond donors (Lipinski definition) is 1. The zero-order valence-corrected chi connectivity index (χ0v) is 16.5. The SMILES string of the molecule is CCN(c1ccccc1)S(=O)(=O)c1ccc(NCc2cccnc2)c([N+](=O)[O-])c1. The Hall–Kier alpha value is -3.46. The molecule has 0 spiro atoms. The molecule has 0 amide bonds. The lowest BCUT2D eigenvalue weighted by atomic mass is 10.2. The Balaban J connectivity index is 1.93. The van der Waals surface area contributed by atoms with E-state index in [1.54, 1.807) is 55.7 Å². The fourth-order valence-electron chi connectivity index (χ4n) is 2.89. The number of anilines is 2. The molecule has 150 valence electrons. The van der Waals surface area contributed by atoms with Gasteiger partial charge < -0.3 is 5.32 Å². The van der Waals surface area contributed by atoms with E-state index in [9.17, 15) is 18.5 Å². The molecule has 0 fully saturated rings. The van der Waals surface area contributed by atoms with E-state index < -0.39 is 14.9 Å². The van der Waals surface area contributed by atoms with Gasteiger partial charge in [0.2, 0.25) is 0 Å². The highest BCUT2D eigenvalue weighted by molar-refractivity contribution is 7.92. The normalized spacial score (nSPS) is 11.1. The second kappa shape index (κ2) is 8.70. The third-order valence-corrected chi connectivity index (χ3v) is 6.19. The maximum Gasteiger partial charge on any atom is 0.293 e. The van der Waals surface area contributed by atoms with Gasteiger partial charge in [-0.2, -0.15) is 0 Å². The highest BCUT2D eigenvalue weighted by Crippen LogP contribution is 2.31. The fraction of sp³-hybridized carbons (Fsp3) is 0.150. The lowest BCUT2D eigenvalue weighted by Gasteiger charge is -2.23. The first-order valence-corrected chi connectivity index (χ1v) is 10.4. The molecule has 0 saturated carbocycles. The molecular formula is C20H20N4O4S. The van der Waals surface area contributed by atoms with E-state index >= 15 is 0 Å². The van der Waals surface area contributed by atoms with E-state index in [2.05, 4.69) is 10.3 Å². The molecule has 0 atom stereocenters. The van der Waals surface area contributed by atoms with Crippen molar-refractivity contribution in [1.82, 2.24) is 4.98 Å². The molecular weight excluding hydrogens is 392 g/mol. The van der Waals surface area contributed by atoms with Gasteiger partial charge in [0.05, 0.1) is 15.5 Å². The van der Waals surface area contributed by atoms with Crippen LogP contribution in [0.3, 0.4) is 0 Å². The molecule has 3 aromatic rings. The molecule has 0 radical (unpaired) electrons. The molecule has 1 aromatic heterocycles. The number of nitrogens with one attached hydrogen (secondary N) is 1. The minimum Gasteiger partial charge on any atom is -0.375 e. The molecule has 0 aliphatic heterocycles. The van der Waals surface area contributed by atoms with Crippen molar-refractivity contribution in [1.29, 1.82) is 0 Å². The Kier molecular flexibility index (Phi) is 6.08. The van der Waals surface area contributed by atoms with Crippen LogP contribution in [0.15, 0.2) is 78.0 Å². The van der Waals surface area contributed by atoms with Crippen LogP contribution >= 0.6 is 0 Å². The third kappa shape index (κ3) is 4.52. The number of nitro benzene ring substituents is 1. The molecule has 8 nitrogen and oxygen atoms in total. The molecule has 9 heteroatoms. The smallest absolute Gasteiger partial charge is 0.293 e. The van der Waals surface area contributed by atoms with Crippen molar-refractivity contribution in [3.8, 4) is 0 Å². The number of pyridine rings is 1. The summed E-state index contributed by atoms with van der Waals surface area (Å²) in [5, 5.41) is 14.5. The van der Waals surface area contributed by atoms with E-state index in [0.29, 0.717) is 12.2 Å². The molecule has 0 saturated heterocycles. The average Bonchev–Trinajstić information content (AvgIpc) is 2.74. The largest absolute Gasteiger partial charge is 0.375 e. The summed E-state index contributed by atoms with van der Waals surface area (Å²) < 4.78 is 27.4. The molecule has 1 N–H and O–H groups in total. The maximum absolute atomic E-state index is 13.1. The average molecular weight is 412 g/mol. The second-order valence-electron chi connectivity index (χ2n) is 6.16. The van der Waals surface area contributed by atoms with Crippen molar-refractivity contribution in [3.05, 3.63) is 88.7 Å². The number of nitrogens with zero attached hydrogens (tertiary/aromatic N) is 3. The quantitative estimate of drug-likeness (QED) is 0.445. The Morgan fingerprint density at radius 1 is 1.10 bits per heavy atom. The summed E-state index contributed by atoms with van der Waals surface area (Å²) in [5.41, 5.74) is 1.27. The Labute approximate surface area is 169 Å². The van der Waals surface area contributed by atoms with Crippen LogP contribution < -0.4 is 9.62 Å². The van der Waals surface area contributed by atoms with Gasteiger partial charge >= 0.3 is 0 Å². The third-order valence-electron chi connectivity index (χ3n) is 4.29. The summed E-state index contributed by atoms with van der Waals surface area (Å²) in [5.74, 6) is 0. The number of aromatic nitrogens is 1. The first kappa shape index (κ1) is 20.3. The van der Waals surface area contributed by atoms with Crippen LogP contribution in [0.1, 0.15) is 12.5 Å². The first-order chi connectivity index (χ1) is 13.9.